The highest BCUT2D eigenvalue weighted by atomic mass is 32.1. The second-order valence-corrected chi connectivity index (χ2v) is 5.42. The fourth-order valence-electron chi connectivity index (χ4n) is 1.76. The molecule has 0 fully saturated rings. The molecule has 1 rings (SSSR count). The second kappa shape index (κ2) is 7.82. The van der Waals surface area contributed by atoms with Crippen LogP contribution >= 0.6 is 11.3 Å². The molecule has 1 atom stereocenters. The van der Waals surface area contributed by atoms with Crippen molar-refractivity contribution in [2.24, 2.45) is 0 Å². The molecule has 0 aliphatic heterocycles. The van der Waals surface area contributed by atoms with Crippen LogP contribution in [0.1, 0.15) is 37.1 Å². The third-order valence-corrected chi connectivity index (χ3v) is 3.70. The summed E-state index contributed by atoms with van der Waals surface area (Å²) >= 11 is 1.85. The Kier molecular flexibility index (Phi) is 6.69. The molecule has 1 aromatic heterocycles. The van der Waals surface area contributed by atoms with Gasteiger partial charge in [0.2, 0.25) is 0 Å². The van der Waals surface area contributed by atoms with Gasteiger partial charge in [-0.15, -0.1) is 11.3 Å². The van der Waals surface area contributed by atoms with Gasteiger partial charge in [0.25, 0.3) is 0 Å². The summed E-state index contributed by atoms with van der Waals surface area (Å²) in [7, 11) is 4.27. The molecule has 16 heavy (non-hydrogen) atoms. The van der Waals surface area contributed by atoms with Crippen LogP contribution in [0.15, 0.2) is 17.5 Å². The molecular formula is C13H24N2S. The van der Waals surface area contributed by atoms with Crippen molar-refractivity contribution in [2.75, 3.05) is 27.2 Å². The number of unbranched alkanes of at least 4 members (excludes halogenated alkanes) is 1. The number of nitrogens with zero attached hydrogens (tertiary/aromatic N) is 1. The minimum absolute atomic E-state index is 0.555. The Morgan fingerprint density at radius 3 is 2.75 bits per heavy atom. The molecule has 0 radical (unpaired) electrons. The van der Waals surface area contributed by atoms with Crippen molar-refractivity contribution in [1.82, 2.24) is 10.2 Å². The molecule has 1 heterocycles. The summed E-state index contributed by atoms with van der Waals surface area (Å²) < 4.78 is 0. The van der Waals surface area contributed by atoms with E-state index < -0.39 is 0 Å². The average Bonchev–Trinajstić information content (AvgIpc) is 2.76. The molecule has 0 bridgehead atoms. The number of nitrogens with one attached hydrogen (secondary N) is 1. The van der Waals surface area contributed by atoms with Gasteiger partial charge in [-0.25, -0.2) is 0 Å². The second-order valence-electron chi connectivity index (χ2n) is 4.44. The SMILES string of the molecule is CCC(NCCCCN(C)C)c1cccs1. The van der Waals surface area contributed by atoms with Crippen LogP contribution < -0.4 is 5.32 Å². The van der Waals surface area contributed by atoms with Crippen molar-refractivity contribution in [2.45, 2.75) is 32.2 Å². The Morgan fingerprint density at radius 2 is 2.19 bits per heavy atom. The zero-order valence-electron chi connectivity index (χ0n) is 10.7. The number of rotatable bonds is 8. The predicted octanol–water partition coefficient (Wildman–Crippen LogP) is 3.13. The van der Waals surface area contributed by atoms with Crippen LogP contribution in [0.25, 0.3) is 0 Å². The third kappa shape index (κ3) is 5.10. The van der Waals surface area contributed by atoms with Gasteiger partial charge in [-0.3, -0.25) is 0 Å². The first-order valence-electron chi connectivity index (χ1n) is 6.15. The maximum absolute atomic E-state index is 3.64. The first kappa shape index (κ1) is 13.7. The maximum Gasteiger partial charge on any atom is 0.0412 e. The highest BCUT2D eigenvalue weighted by molar-refractivity contribution is 7.10. The maximum atomic E-state index is 3.64. The van der Waals surface area contributed by atoms with E-state index in [1.165, 1.54) is 30.7 Å². The summed E-state index contributed by atoms with van der Waals surface area (Å²) in [5, 5.41) is 5.80. The van der Waals surface area contributed by atoms with Gasteiger partial charge in [-0.05, 0) is 57.9 Å². The Morgan fingerprint density at radius 1 is 1.38 bits per heavy atom. The molecule has 1 N–H and O–H groups in total. The van der Waals surface area contributed by atoms with Crippen molar-refractivity contribution in [1.29, 1.82) is 0 Å². The zero-order chi connectivity index (χ0) is 11.8. The van der Waals surface area contributed by atoms with Crippen molar-refractivity contribution in [3.8, 4) is 0 Å². The van der Waals surface area contributed by atoms with E-state index in [0.717, 1.165) is 6.54 Å². The molecule has 3 heteroatoms. The molecule has 0 aliphatic rings. The standard InChI is InChI=1S/C13H24N2S/c1-4-12(13-8-7-11-16-13)14-9-5-6-10-15(2)3/h7-8,11-12,14H,4-6,9-10H2,1-3H3. The molecule has 92 valence electrons. The molecular weight excluding hydrogens is 216 g/mol. The lowest BCUT2D eigenvalue weighted by molar-refractivity contribution is 0.387. The molecule has 1 unspecified atom stereocenters. The number of hydrogen-bond acceptors (Lipinski definition) is 3. The zero-order valence-corrected chi connectivity index (χ0v) is 11.5. The van der Waals surface area contributed by atoms with Gasteiger partial charge >= 0.3 is 0 Å². The largest absolute Gasteiger partial charge is 0.309 e. The smallest absolute Gasteiger partial charge is 0.0412 e. The van der Waals surface area contributed by atoms with E-state index >= 15 is 0 Å². The van der Waals surface area contributed by atoms with Crippen molar-refractivity contribution in [3.63, 3.8) is 0 Å². The minimum atomic E-state index is 0.555. The lowest BCUT2D eigenvalue weighted by Crippen LogP contribution is -2.22. The summed E-state index contributed by atoms with van der Waals surface area (Å²) in [4.78, 5) is 3.71. The van der Waals surface area contributed by atoms with Gasteiger partial charge < -0.3 is 10.2 Å². The lowest BCUT2D eigenvalue weighted by atomic mass is 10.2. The Hall–Kier alpha value is -0.380. The molecule has 0 aliphatic carbocycles. The Balaban J connectivity index is 2.15. The quantitative estimate of drug-likeness (QED) is 0.702. The summed E-state index contributed by atoms with van der Waals surface area (Å²) in [6.07, 6.45) is 3.72. The van der Waals surface area contributed by atoms with E-state index in [9.17, 15) is 0 Å². The fourth-order valence-corrected chi connectivity index (χ4v) is 2.65. The summed E-state index contributed by atoms with van der Waals surface area (Å²) in [5.74, 6) is 0. The summed E-state index contributed by atoms with van der Waals surface area (Å²) in [5.41, 5.74) is 0. The Labute approximate surface area is 104 Å². The molecule has 0 saturated carbocycles. The lowest BCUT2D eigenvalue weighted by Gasteiger charge is -2.16. The van der Waals surface area contributed by atoms with Crippen LogP contribution in [-0.4, -0.2) is 32.1 Å². The van der Waals surface area contributed by atoms with Gasteiger partial charge in [-0.1, -0.05) is 13.0 Å². The Bertz CT molecular complexity index is 257. The molecule has 0 saturated heterocycles. The van der Waals surface area contributed by atoms with E-state index in [2.05, 4.69) is 48.7 Å². The molecule has 0 amide bonds. The first-order chi connectivity index (χ1) is 7.74. The van der Waals surface area contributed by atoms with Crippen molar-refractivity contribution in [3.05, 3.63) is 22.4 Å². The van der Waals surface area contributed by atoms with Gasteiger partial charge in [0.15, 0.2) is 0 Å². The highest BCUT2D eigenvalue weighted by Gasteiger charge is 2.08. The number of hydrogen-bond donors (Lipinski definition) is 1. The monoisotopic (exact) mass is 240 g/mol. The van der Waals surface area contributed by atoms with E-state index in [-0.39, 0.29) is 0 Å². The van der Waals surface area contributed by atoms with Crippen LogP contribution in [0.2, 0.25) is 0 Å². The third-order valence-electron chi connectivity index (χ3n) is 2.72. The normalized spacial score (nSPS) is 13.2. The summed E-state index contributed by atoms with van der Waals surface area (Å²) in [6, 6.07) is 4.92. The average molecular weight is 240 g/mol. The molecule has 2 nitrogen and oxygen atoms in total. The van der Waals surface area contributed by atoms with E-state index in [4.69, 9.17) is 0 Å². The van der Waals surface area contributed by atoms with Gasteiger partial charge in [0, 0.05) is 10.9 Å². The van der Waals surface area contributed by atoms with Crippen LogP contribution in [0.3, 0.4) is 0 Å². The first-order valence-corrected chi connectivity index (χ1v) is 7.03. The van der Waals surface area contributed by atoms with E-state index in [1.807, 2.05) is 11.3 Å². The number of thiophene rings is 1. The molecule has 0 spiro atoms. The van der Waals surface area contributed by atoms with Gasteiger partial charge in [0.05, 0.1) is 0 Å². The topological polar surface area (TPSA) is 15.3 Å². The van der Waals surface area contributed by atoms with Crippen molar-refractivity contribution >= 4 is 11.3 Å². The van der Waals surface area contributed by atoms with Crippen LogP contribution in [0.5, 0.6) is 0 Å². The van der Waals surface area contributed by atoms with Crippen molar-refractivity contribution < 1.29 is 0 Å². The molecule has 0 aromatic carbocycles. The van der Waals surface area contributed by atoms with Gasteiger partial charge in [-0.2, -0.15) is 0 Å². The van der Waals surface area contributed by atoms with Crippen LogP contribution in [-0.2, 0) is 0 Å². The highest BCUT2D eigenvalue weighted by Crippen LogP contribution is 2.21. The summed E-state index contributed by atoms with van der Waals surface area (Å²) in [6.45, 7) is 4.57. The minimum Gasteiger partial charge on any atom is -0.309 e. The van der Waals surface area contributed by atoms with Crippen LogP contribution in [0, 0.1) is 0 Å². The van der Waals surface area contributed by atoms with E-state index in [0.29, 0.717) is 6.04 Å². The molecule has 1 aromatic rings. The van der Waals surface area contributed by atoms with Crippen LogP contribution in [0.4, 0.5) is 0 Å². The van der Waals surface area contributed by atoms with E-state index in [1.54, 1.807) is 0 Å². The predicted molar refractivity (Wildman–Crippen MR) is 73.1 cm³/mol. The van der Waals surface area contributed by atoms with Gasteiger partial charge in [0.1, 0.15) is 0 Å². The fraction of sp³-hybridized carbons (Fsp3) is 0.692.